The Morgan fingerprint density at radius 3 is 1.36 bits per heavy atom. The SMILES string of the molecule is FC(F)(F)c1ccc(Cl)c(OBOc2cc(C(F)(F)F)ccc2Cl)c1. The number of hydrogen-bond acceptors (Lipinski definition) is 2. The summed E-state index contributed by atoms with van der Waals surface area (Å²) in [5.41, 5.74) is -1.99. The zero-order chi connectivity index (χ0) is 18.8. The molecule has 2 rings (SSSR count). The number of alkyl halides is 6. The van der Waals surface area contributed by atoms with Gasteiger partial charge in [0, 0.05) is 0 Å². The summed E-state index contributed by atoms with van der Waals surface area (Å²) in [5.74, 6) is -0.667. The van der Waals surface area contributed by atoms with Crippen molar-refractivity contribution in [2.75, 3.05) is 0 Å². The highest BCUT2D eigenvalue weighted by Gasteiger charge is 2.32. The molecule has 0 heterocycles. The number of rotatable bonds is 4. The summed E-state index contributed by atoms with van der Waals surface area (Å²) in [4.78, 5) is 0. The number of benzene rings is 2. The third-order valence-electron chi connectivity index (χ3n) is 2.95. The smallest absolute Gasteiger partial charge is 0.527 e. The monoisotopic (exact) mass is 402 g/mol. The lowest BCUT2D eigenvalue weighted by molar-refractivity contribution is -0.138. The molecule has 0 atom stereocenters. The molecule has 0 fully saturated rings. The van der Waals surface area contributed by atoms with E-state index in [1.165, 1.54) is 0 Å². The van der Waals surface area contributed by atoms with Gasteiger partial charge in [-0.05, 0) is 36.4 Å². The van der Waals surface area contributed by atoms with E-state index in [0.717, 1.165) is 24.3 Å². The van der Waals surface area contributed by atoms with Crippen LogP contribution in [0.2, 0.25) is 10.0 Å². The predicted molar refractivity (Wildman–Crippen MR) is 81.3 cm³/mol. The fraction of sp³-hybridized carbons (Fsp3) is 0.143. The van der Waals surface area contributed by atoms with Crippen molar-refractivity contribution in [2.45, 2.75) is 12.4 Å². The molecule has 0 aliphatic heterocycles. The second kappa shape index (κ2) is 7.25. The lowest BCUT2D eigenvalue weighted by Gasteiger charge is -2.14. The lowest BCUT2D eigenvalue weighted by atomic mass is 10.2. The molecule has 0 bridgehead atoms. The van der Waals surface area contributed by atoms with Crippen molar-refractivity contribution >= 4 is 30.9 Å². The van der Waals surface area contributed by atoms with Crippen LogP contribution in [0.1, 0.15) is 11.1 Å². The fourth-order valence-corrected chi connectivity index (χ4v) is 2.08. The van der Waals surface area contributed by atoms with E-state index >= 15 is 0 Å². The van der Waals surface area contributed by atoms with Crippen LogP contribution in [0.4, 0.5) is 26.3 Å². The molecule has 2 aromatic carbocycles. The van der Waals surface area contributed by atoms with Crippen LogP contribution in [0.3, 0.4) is 0 Å². The van der Waals surface area contributed by atoms with E-state index in [1.807, 2.05) is 0 Å². The summed E-state index contributed by atoms with van der Waals surface area (Å²) >= 11 is 11.4. The molecule has 134 valence electrons. The molecule has 0 radical (unpaired) electrons. The standard InChI is InChI=1S/C14H7BCl2F6O2/c16-9-3-1-7(13(18,19)20)5-11(9)24-15-25-12-6-8(14(21,22)23)2-4-10(12)17/h1-6,15H. The highest BCUT2D eigenvalue weighted by molar-refractivity contribution is 6.33. The molecule has 2 aromatic rings. The normalized spacial score (nSPS) is 12.0. The predicted octanol–water partition coefficient (Wildman–Crippen LogP) is 5.76. The van der Waals surface area contributed by atoms with Crippen LogP contribution in [0.25, 0.3) is 0 Å². The number of halogens is 8. The van der Waals surface area contributed by atoms with Gasteiger partial charge in [0.15, 0.2) is 0 Å². The Labute approximate surface area is 148 Å². The van der Waals surface area contributed by atoms with Crippen molar-refractivity contribution in [3.63, 3.8) is 0 Å². The van der Waals surface area contributed by atoms with Gasteiger partial charge in [-0.25, -0.2) is 0 Å². The van der Waals surface area contributed by atoms with Crippen LogP contribution in [0, 0.1) is 0 Å². The van der Waals surface area contributed by atoms with Crippen LogP contribution in [-0.4, -0.2) is 7.69 Å². The average molecular weight is 403 g/mol. The van der Waals surface area contributed by atoms with Crippen molar-refractivity contribution in [3.8, 4) is 11.5 Å². The van der Waals surface area contributed by atoms with Gasteiger partial charge >= 0.3 is 20.0 Å². The van der Waals surface area contributed by atoms with Gasteiger partial charge in [0.1, 0.15) is 11.5 Å². The minimum Gasteiger partial charge on any atom is -0.527 e. The summed E-state index contributed by atoms with van der Waals surface area (Å²) in [5, 5.41) is -0.238. The first-order chi connectivity index (χ1) is 11.5. The summed E-state index contributed by atoms with van der Waals surface area (Å²) in [6, 6.07) is 4.80. The van der Waals surface area contributed by atoms with Gasteiger partial charge in [-0.3, -0.25) is 0 Å². The van der Waals surface area contributed by atoms with Crippen molar-refractivity contribution in [3.05, 3.63) is 57.6 Å². The minimum absolute atomic E-state index is 0.119. The molecule has 2 nitrogen and oxygen atoms in total. The molecule has 0 aliphatic carbocycles. The van der Waals surface area contributed by atoms with Gasteiger partial charge in [0.2, 0.25) is 0 Å². The Morgan fingerprint density at radius 1 is 0.680 bits per heavy atom. The highest BCUT2D eigenvalue weighted by Crippen LogP contribution is 2.36. The van der Waals surface area contributed by atoms with Crippen molar-refractivity contribution < 1.29 is 35.7 Å². The minimum atomic E-state index is -4.60. The van der Waals surface area contributed by atoms with Crippen LogP contribution in [0.5, 0.6) is 11.5 Å². The molecule has 11 heteroatoms. The zero-order valence-electron chi connectivity index (χ0n) is 12.0. The molecule has 0 saturated carbocycles. The first-order valence-corrected chi connectivity index (χ1v) is 7.23. The van der Waals surface area contributed by atoms with E-state index in [2.05, 4.69) is 0 Å². The number of hydrogen-bond donors (Lipinski definition) is 0. The van der Waals surface area contributed by atoms with Crippen LogP contribution in [-0.2, 0) is 12.4 Å². The van der Waals surface area contributed by atoms with Gasteiger partial charge < -0.3 is 9.31 Å². The Kier molecular flexibility index (Phi) is 5.68. The van der Waals surface area contributed by atoms with Crippen molar-refractivity contribution in [2.24, 2.45) is 0 Å². The molecule has 0 N–H and O–H groups in total. The van der Waals surface area contributed by atoms with Gasteiger partial charge in [0.25, 0.3) is 0 Å². The second-order valence-electron chi connectivity index (χ2n) is 4.69. The fourth-order valence-electron chi connectivity index (χ4n) is 1.74. The van der Waals surface area contributed by atoms with Gasteiger partial charge in [-0.2, -0.15) is 26.3 Å². The second-order valence-corrected chi connectivity index (χ2v) is 5.51. The van der Waals surface area contributed by atoms with E-state index in [0.29, 0.717) is 12.1 Å². The van der Waals surface area contributed by atoms with Gasteiger partial charge in [-0.15, -0.1) is 0 Å². The van der Waals surface area contributed by atoms with E-state index < -0.39 is 31.2 Å². The van der Waals surface area contributed by atoms with E-state index in [-0.39, 0.29) is 21.5 Å². The summed E-state index contributed by atoms with van der Waals surface area (Å²) in [6.07, 6.45) is -9.21. The molecule has 25 heavy (non-hydrogen) atoms. The maximum Gasteiger partial charge on any atom is 0.576 e. The maximum absolute atomic E-state index is 12.6. The molecule has 0 aliphatic rings. The van der Waals surface area contributed by atoms with Crippen LogP contribution < -0.4 is 9.31 Å². The first-order valence-electron chi connectivity index (χ1n) is 6.47. The van der Waals surface area contributed by atoms with Gasteiger partial charge in [-0.1, -0.05) is 23.2 Å². The van der Waals surface area contributed by atoms with Crippen molar-refractivity contribution in [1.82, 2.24) is 0 Å². The molecule has 0 saturated heterocycles. The Balaban J connectivity index is 2.11. The maximum atomic E-state index is 12.6. The van der Waals surface area contributed by atoms with Crippen molar-refractivity contribution in [1.29, 1.82) is 0 Å². The first kappa shape index (κ1) is 19.6. The average Bonchev–Trinajstić information content (AvgIpc) is 2.48. The topological polar surface area (TPSA) is 18.5 Å². The molecule has 0 aromatic heterocycles. The largest absolute Gasteiger partial charge is 0.576 e. The molecular formula is C14H7BCl2F6O2. The Bertz CT molecular complexity index is 700. The highest BCUT2D eigenvalue weighted by atomic mass is 35.5. The van der Waals surface area contributed by atoms with E-state index in [4.69, 9.17) is 32.5 Å². The Hall–Kier alpha value is -1.74. The summed E-state index contributed by atoms with van der Waals surface area (Å²) in [7, 11) is -0.692. The summed E-state index contributed by atoms with van der Waals surface area (Å²) < 4.78 is 85.8. The van der Waals surface area contributed by atoms with Crippen LogP contribution >= 0.6 is 23.2 Å². The molecule has 0 unspecified atom stereocenters. The van der Waals surface area contributed by atoms with Gasteiger partial charge in [0.05, 0.1) is 21.2 Å². The third-order valence-corrected chi connectivity index (χ3v) is 3.57. The van der Waals surface area contributed by atoms with E-state index in [1.54, 1.807) is 0 Å². The Morgan fingerprint density at radius 2 is 1.04 bits per heavy atom. The lowest BCUT2D eigenvalue weighted by Crippen LogP contribution is -2.13. The molecule has 0 amide bonds. The molecule has 0 spiro atoms. The quantitative estimate of drug-likeness (QED) is 0.478. The molecular weight excluding hydrogens is 396 g/mol. The van der Waals surface area contributed by atoms with Crippen LogP contribution in [0.15, 0.2) is 36.4 Å². The zero-order valence-corrected chi connectivity index (χ0v) is 13.5. The third kappa shape index (κ3) is 5.12. The van der Waals surface area contributed by atoms with E-state index in [9.17, 15) is 26.3 Å². The summed E-state index contributed by atoms with van der Waals surface area (Å²) in [6.45, 7) is 0.